The zero-order valence-corrected chi connectivity index (χ0v) is 9.35. The average Bonchev–Trinajstić information content (AvgIpc) is 2.30. The van der Waals surface area contributed by atoms with E-state index >= 15 is 0 Å². The van der Waals surface area contributed by atoms with Crippen molar-refractivity contribution in [3.63, 3.8) is 0 Å². The Balaban J connectivity index is 2.56. The molecular weight excluding hydrogens is 174 g/mol. The highest BCUT2D eigenvalue weighted by atomic mass is 16.1. The molecule has 1 aliphatic carbocycles. The SMILES string of the molecule is Cc1cc2c(n1C)CC(C)(C)CC2=O. The zero-order chi connectivity index (χ0) is 10.5. The molecule has 76 valence electrons. The number of Topliss-reactive ketones (excluding diaryl/α,β-unsaturated/α-hetero) is 1. The lowest BCUT2D eigenvalue weighted by Crippen LogP contribution is -2.27. The molecule has 0 aliphatic heterocycles. The van der Waals surface area contributed by atoms with Gasteiger partial charge in [0.05, 0.1) is 0 Å². The second-order valence-corrected chi connectivity index (χ2v) is 5.15. The third-order valence-corrected chi connectivity index (χ3v) is 3.18. The van der Waals surface area contributed by atoms with Gasteiger partial charge < -0.3 is 4.57 Å². The molecule has 14 heavy (non-hydrogen) atoms. The summed E-state index contributed by atoms with van der Waals surface area (Å²) in [4.78, 5) is 11.9. The fourth-order valence-corrected chi connectivity index (χ4v) is 2.28. The third kappa shape index (κ3) is 1.29. The summed E-state index contributed by atoms with van der Waals surface area (Å²) in [5.41, 5.74) is 3.47. The van der Waals surface area contributed by atoms with Gasteiger partial charge in [-0.1, -0.05) is 13.8 Å². The van der Waals surface area contributed by atoms with Crippen LogP contribution in [0.4, 0.5) is 0 Å². The van der Waals surface area contributed by atoms with E-state index in [1.54, 1.807) is 0 Å². The minimum atomic E-state index is 0.128. The number of rotatable bonds is 0. The molecule has 2 rings (SSSR count). The van der Waals surface area contributed by atoms with Crippen molar-refractivity contribution in [1.82, 2.24) is 4.57 Å². The minimum Gasteiger partial charge on any atom is -0.351 e. The van der Waals surface area contributed by atoms with E-state index in [9.17, 15) is 4.79 Å². The Kier molecular flexibility index (Phi) is 1.85. The summed E-state index contributed by atoms with van der Waals surface area (Å²) in [5.74, 6) is 0.306. The van der Waals surface area contributed by atoms with E-state index < -0.39 is 0 Å². The number of nitrogens with zero attached hydrogens (tertiary/aromatic N) is 1. The molecule has 0 bridgehead atoms. The maximum absolute atomic E-state index is 11.9. The second kappa shape index (κ2) is 2.72. The Morgan fingerprint density at radius 1 is 1.36 bits per heavy atom. The summed E-state index contributed by atoms with van der Waals surface area (Å²) in [6.45, 7) is 6.38. The van der Waals surface area contributed by atoms with Gasteiger partial charge in [0, 0.05) is 30.4 Å². The molecule has 0 amide bonds. The number of ketones is 1. The van der Waals surface area contributed by atoms with Gasteiger partial charge in [-0.25, -0.2) is 0 Å². The molecule has 0 fully saturated rings. The van der Waals surface area contributed by atoms with Crippen molar-refractivity contribution < 1.29 is 4.79 Å². The predicted octanol–water partition coefficient (Wildman–Crippen LogP) is 2.49. The largest absolute Gasteiger partial charge is 0.351 e. The molecule has 1 aliphatic rings. The molecule has 1 heterocycles. The van der Waals surface area contributed by atoms with Crippen LogP contribution >= 0.6 is 0 Å². The molecule has 0 aromatic carbocycles. The minimum absolute atomic E-state index is 0.128. The maximum atomic E-state index is 11.9. The first-order chi connectivity index (χ1) is 6.41. The van der Waals surface area contributed by atoms with Crippen LogP contribution in [-0.4, -0.2) is 10.4 Å². The van der Waals surface area contributed by atoms with Crippen LogP contribution in [0, 0.1) is 12.3 Å². The van der Waals surface area contributed by atoms with Gasteiger partial charge in [0.25, 0.3) is 0 Å². The molecule has 0 atom stereocenters. The average molecular weight is 191 g/mol. The van der Waals surface area contributed by atoms with Crippen LogP contribution < -0.4 is 0 Å². The standard InChI is InChI=1S/C12H17NO/c1-8-5-9-10(13(8)4)6-12(2,3)7-11(9)14/h5H,6-7H2,1-4H3. The van der Waals surface area contributed by atoms with Crippen LogP contribution in [-0.2, 0) is 13.5 Å². The summed E-state index contributed by atoms with van der Waals surface area (Å²) in [5, 5.41) is 0. The summed E-state index contributed by atoms with van der Waals surface area (Å²) >= 11 is 0. The van der Waals surface area contributed by atoms with Crippen LogP contribution in [0.2, 0.25) is 0 Å². The van der Waals surface area contributed by atoms with Gasteiger partial charge in [0.1, 0.15) is 0 Å². The van der Waals surface area contributed by atoms with E-state index in [0.717, 1.165) is 12.0 Å². The van der Waals surface area contributed by atoms with Gasteiger partial charge in [-0.05, 0) is 24.8 Å². The van der Waals surface area contributed by atoms with Crippen molar-refractivity contribution in [3.05, 3.63) is 23.0 Å². The van der Waals surface area contributed by atoms with Gasteiger partial charge in [-0.2, -0.15) is 0 Å². The topological polar surface area (TPSA) is 22.0 Å². The maximum Gasteiger partial charge on any atom is 0.165 e. The van der Waals surface area contributed by atoms with Gasteiger partial charge in [-0.3, -0.25) is 4.79 Å². The molecule has 2 nitrogen and oxygen atoms in total. The molecule has 0 unspecified atom stereocenters. The van der Waals surface area contributed by atoms with Crippen LogP contribution in [0.3, 0.4) is 0 Å². The highest BCUT2D eigenvalue weighted by molar-refractivity contribution is 5.99. The molecule has 1 aromatic rings. The Morgan fingerprint density at radius 3 is 2.64 bits per heavy atom. The van der Waals surface area contributed by atoms with Crippen molar-refractivity contribution in [2.45, 2.75) is 33.6 Å². The van der Waals surface area contributed by atoms with Crippen LogP contribution in [0.15, 0.2) is 6.07 Å². The second-order valence-electron chi connectivity index (χ2n) is 5.15. The number of carbonyl (C=O) groups excluding carboxylic acids is 1. The van der Waals surface area contributed by atoms with Gasteiger partial charge in [0.15, 0.2) is 5.78 Å². The van der Waals surface area contributed by atoms with Crippen molar-refractivity contribution in [1.29, 1.82) is 0 Å². The Bertz CT molecular complexity index is 399. The normalized spacial score (nSPS) is 19.6. The molecule has 0 spiro atoms. The molecule has 0 saturated carbocycles. The monoisotopic (exact) mass is 191 g/mol. The first-order valence-electron chi connectivity index (χ1n) is 5.09. The van der Waals surface area contributed by atoms with Gasteiger partial charge >= 0.3 is 0 Å². The number of aromatic nitrogens is 1. The molecule has 1 aromatic heterocycles. The molecule has 0 N–H and O–H groups in total. The summed E-state index contributed by atoms with van der Waals surface area (Å²) < 4.78 is 2.15. The lowest BCUT2D eigenvalue weighted by molar-refractivity contribution is 0.0910. The number of carbonyl (C=O) groups is 1. The Labute approximate surface area is 84.9 Å². The zero-order valence-electron chi connectivity index (χ0n) is 9.35. The first kappa shape index (κ1) is 9.50. The fourth-order valence-electron chi connectivity index (χ4n) is 2.28. The Morgan fingerprint density at radius 2 is 2.00 bits per heavy atom. The Hall–Kier alpha value is -1.05. The highest BCUT2D eigenvalue weighted by Crippen LogP contribution is 2.35. The van der Waals surface area contributed by atoms with Crippen molar-refractivity contribution in [3.8, 4) is 0 Å². The fraction of sp³-hybridized carbons (Fsp3) is 0.583. The summed E-state index contributed by atoms with van der Waals surface area (Å²) in [7, 11) is 2.04. The van der Waals surface area contributed by atoms with Crippen LogP contribution in [0.5, 0.6) is 0 Å². The van der Waals surface area contributed by atoms with E-state index in [4.69, 9.17) is 0 Å². The highest BCUT2D eigenvalue weighted by Gasteiger charge is 2.32. The van der Waals surface area contributed by atoms with E-state index in [2.05, 4.69) is 25.3 Å². The summed E-state index contributed by atoms with van der Waals surface area (Å²) in [6.07, 6.45) is 1.70. The number of fused-ring (bicyclic) bond motifs is 1. The predicted molar refractivity (Wildman–Crippen MR) is 56.6 cm³/mol. The van der Waals surface area contributed by atoms with E-state index in [0.29, 0.717) is 12.2 Å². The number of hydrogen-bond acceptors (Lipinski definition) is 1. The van der Waals surface area contributed by atoms with Crippen molar-refractivity contribution >= 4 is 5.78 Å². The number of aryl methyl sites for hydroxylation is 1. The van der Waals surface area contributed by atoms with E-state index in [1.165, 1.54) is 11.4 Å². The molecule has 0 radical (unpaired) electrons. The first-order valence-corrected chi connectivity index (χ1v) is 5.09. The van der Waals surface area contributed by atoms with E-state index in [1.807, 2.05) is 13.1 Å². The van der Waals surface area contributed by atoms with Crippen molar-refractivity contribution in [2.75, 3.05) is 0 Å². The van der Waals surface area contributed by atoms with Crippen molar-refractivity contribution in [2.24, 2.45) is 12.5 Å². The summed E-state index contributed by atoms with van der Waals surface area (Å²) in [6, 6.07) is 2.02. The lowest BCUT2D eigenvalue weighted by atomic mass is 9.76. The van der Waals surface area contributed by atoms with Crippen LogP contribution in [0.1, 0.15) is 42.0 Å². The lowest BCUT2D eigenvalue weighted by Gasteiger charge is -2.29. The van der Waals surface area contributed by atoms with Gasteiger partial charge in [0.2, 0.25) is 0 Å². The third-order valence-electron chi connectivity index (χ3n) is 3.18. The molecule has 0 saturated heterocycles. The number of hydrogen-bond donors (Lipinski definition) is 0. The smallest absolute Gasteiger partial charge is 0.165 e. The quantitative estimate of drug-likeness (QED) is 0.617. The van der Waals surface area contributed by atoms with E-state index in [-0.39, 0.29) is 5.41 Å². The molecule has 2 heteroatoms. The van der Waals surface area contributed by atoms with Crippen LogP contribution in [0.25, 0.3) is 0 Å². The van der Waals surface area contributed by atoms with Gasteiger partial charge in [-0.15, -0.1) is 0 Å². The molecular formula is C12H17NO.